The van der Waals surface area contributed by atoms with Crippen LogP contribution in [0.15, 0.2) is 0 Å². The molecule has 0 unspecified atom stereocenters. The highest BCUT2D eigenvalue weighted by Crippen LogP contribution is 2.27. The molecule has 0 aromatic rings. The van der Waals surface area contributed by atoms with Crippen molar-refractivity contribution in [1.82, 2.24) is 0 Å². The molecule has 2 atom stereocenters. The van der Waals surface area contributed by atoms with Gasteiger partial charge in [0, 0.05) is 0 Å². The van der Waals surface area contributed by atoms with Crippen molar-refractivity contribution in [2.75, 3.05) is 0 Å². The van der Waals surface area contributed by atoms with E-state index >= 15 is 0 Å². The fraction of sp³-hybridized carbons (Fsp3) is 1.00. The molecule has 72 valence electrons. The van der Waals surface area contributed by atoms with E-state index in [0.717, 1.165) is 6.42 Å². The number of aliphatic hydroxyl groups excluding tert-OH is 1. The summed E-state index contributed by atoms with van der Waals surface area (Å²) < 4.78 is 0. The molecule has 1 aliphatic carbocycles. The molecule has 1 aliphatic rings. The van der Waals surface area contributed by atoms with Gasteiger partial charge in [0.05, 0.1) is 6.10 Å². The van der Waals surface area contributed by atoms with Crippen LogP contribution in [0.5, 0.6) is 0 Å². The summed E-state index contributed by atoms with van der Waals surface area (Å²) in [5.74, 6) is 0.618. The van der Waals surface area contributed by atoms with E-state index in [-0.39, 0.29) is 6.10 Å². The van der Waals surface area contributed by atoms with Crippen LogP contribution >= 0.6 is 0 Å². The molecule has 1 N–H and O–H groups in total. The number of hydrogen-bond donors (Lipinski definition) is 1. The third-order valence-corrected chi connectivity index (χ3v) is 3.05. The average molecular weight is 170 g/mol. The third-order valence-electron chi connectivity index (χ3n) is 3.05. The molecule has 0 spiro atoms. The summed E-state index contributed by atoms with van der Waals surface area (Å²) in [7, 11) is 0. The molecule has 0 saturated heterocycles. The summed E-state index contributed by atoms with van der Waals surface area (Å²) >= 11 is 0. The van der Waals surface area contributed by atoms with Gasteiger partial charge in [-0.2, -0.15) is 0 Å². The molecular formula is C11H22O. The Balaban J connectivity index is 2.26. The van der Waals surface area contributed by atoms with Crippen molar-refractivity contribution >= 4 is 0 Å². The van der Waals surface area contributed by atoms with Crippen LogP contribution < -0.4 is 0 Å². The van der Waals surface area contributed by atoms with Gasteiger partial charge in [-0.1, -0.05) is 39.0 Å². The van der Waals surface area contributed by atoms with Crippen LogP contribution in [-0.2, 0) is 0 Å². The lowest BCUT2D eigenvalue weighted by Crippen LogP contribution is -2.18. The molecule has 1 nitrogen and oxygen atoms in total. The van der Waals surface area contributed by atoms with Crippen molar-refractivity contribution in [3.05, 3.63) is 0 Å². The third kappa shape index (κ3) is 3.14. The molecule has 12 heavy (non-hydrogen) atoms. The van der Waals surface area contributed by atoms with E-state index < -0.39 is 0 Å². The molecular weight excluding hydrogens is 148 g/mol. The molecule has 1 heteroatoms. The standard InChI is InChI=1S/C11H22O/c1-2-3-7-10-8-5-4-6-9-11(10)12/h10-12H,2-9H2,1H3/t10-,11-/m1/s1. The highest BCUT2D eigenvalue weighted by Gasteiger charge is 2.20. The first-order chi connectivity index (χ1) is 5.84. The van der Waals surface area contributed by atoms with Crippen molar-refractivity contribution in [1.29, 1.82) is 0 Å². The molecule has 0 aromatic heterocycles. The molecule has 1 rings (SSSR count). The predicted molar refractivity (Wildman–Crippen MR) is 52.1 cm³/mol. The first-order valence-electron chi connectivity index (χ1n) is 5.52. The minimum Gasteiger partial charge on any atom is -0.393 e. The predicted octanol–water partition coefficient (Wildman–Crippen LogP) is 3.12. The Labute approximate surface area is 76.2 Å². The second-order valence-electron chi connectivity index (χ2n) is 4.11. The highest BCUT2D eigenvalue weighted by molar-refractivity contribution is 4.72. The van der Waals surface area contributed by atoms with Gasteiger partial charge >= 0.3 is 0 Å². The zero-order chi connectivity index (χ0) is 8.81. The molecule has 0 aromatic carbocycles. The molecule has 1 saturated carbocycles. The fourth-order valence-electron chi connectivity index (χ4n) is 2.17. The normalized spacial score (nSPS) is 31.5. The highest BCUT2D eigenvalue weighted by atomic mass is 16.3. The average Bonchev–Trinajstić information content (AvgIpc) is 2.27. The molecule has 1 fully saturated rings. The van der Waals surface area contributed by atoms with E-state index in [4.69, 9.17) is 0 Å². The van der Waals surface area contributed by atoms with Gasteiger partial charge < -0.3 is 5.11 Å². The van der Waals surface area contributed by atoms with Crippen LogP contribution in [0.1, 0.15) is 58.3 Å². The Bertz CT molecular complexity index is 112. The van der Waals surface area contributed by atoms with Crippen LogP contribution in [0.3, 0.4) is 0 Å². The van der Waals surface area contributed by atoms with Crippen molar-refractivity contribution in [3.63, 3.8) is 0 Å². The summed E-state index contributed by atoms with van der Waals surface area (Å²) in [6.45, 7) is 2.23. The van der Waals surface area contributed by atoms with Crippen LogP contribution in [0.4, 0.5) is 0 Å². The van der Waals surface area contributed by atoms with Crippen LogP contribution in [0, 0.1) is 5.92 Å². The second kappa shape index (κ2) is 5.58. The van der Waals surface area contributed by atoms with E-state index in [1.807, 2.05) is 0 Å². The van der Waals surface area contributed by atoms with E-state index in [0.29, 0.717) is 5.92 Å². The number of unbranched alkanes of at least 4 members (excludes halogenated alkanes) is 1. The number of rotatable bonds is 3. The van der Waals surface area contributed by atoms with Gasteiger partial charge in [0.15, 0.2) is 0 Å². The zero-order valence-corrected chi connectivity index (χ0v) is 8.26. The van der Waals surface area contributed by atoms with Gasteiger partial charge in [0.2, 0.25) is 0 Å². The summed E-state index contributed by atoms with van der Waals surface area (Å²) in [5, 5.41) is 9.78. The lowest BCUT2D eigenvalue weighted by Gasteiger charge is -2.19. The largest absolute Gasteiger partial charge is 0.393 e. The Morgan fingerprint density at radius 3 is 2.67 bits per heavy atom. The lowest BCUT2D eigenvalue weighted by atomic mass is 9.92. The molecule has 0 heterocycles. The molecule has 0 amide bonds. The lowest BCUT2D eigenvalue weighted by molar-refractivity contribution is 0.0945. The van der Waals surface area contributed by atoms with E-state index in [1.54, 1.807) is 0 Å². The van der Waals surface area contributed by atoms with Gasteiger partial charge in [-0.25, -0.2) is 0 Å². The van der Waals surface area contributed by atoms with Crippen LogP contribution in [0.25, 0.3) is 0 Å². The van der Waals surface area contributed by atoms with E-state index in [2.05, 4.69) is 6.92 Å². The molecule has 0 aliphatic heterocycles. The summed E-state index contributed by atoms with van der Waals surface area (Å²) in [5.41, 5.74) is 0. The van der Waals surface area contributed by atoms with Gasteiger partial charge in [0.25, 0.3) is 0 Å². The SMILES string of the molecule is CCCC[C@@H]1CCCCC[C@H]1O. The maximum absolute atomic E-state index is 9.78. The minimum atomic E-state index is 0.0130. The maximum atomic E-state index is 9.78. The van der Waals surface area contributed by atoms with Gasteiger partial charge in [0.1, 0.15) is 0 Å². The van der Waals surface area contributed by atoms with Crippen LogP contribution in [0.2, 0.25) is 0 Å². The summed E-state index contributed by atoms with van der Waals surface area (Å²) in [6, 6.07) is 0. The smallest absolute Gasteiger partial charge is 0.0568 e. The van der Waals surface area contributed by atoms with Gasteiger partial charge in [-0.05, 0) is 25.2 Å². The monoisotopic (exact) mass is 170 g/mol. The molecule has 0 radical (unpaired) electrons. The number of aliphatic hydroxyl groups is 1. The Morgan fingerprint density at radius 2 is 1.92 bits per heavy atom. The Kier molecular flexibility index (Phi) is 4.67. The van der Waals surface area contributed by atoms with E-state index in [1.165, 1.54) is 44.9 Å². The number of hydrogen-bond acceptors (Lipinski definition) is 1. The fourth-order valence-corrected chi connectivity index (χ4v) is 2.17. The zero-order valence-electron chi connectivity index (χ0n) is 8.26. The summed E-state index contributed by atoms with van der Waals surface area (Å²) in [6.07, 6.45) is 10.0. The van der Waals surface area contributed by atoms with Crippen molar-refractivity contribution in [3.8, 4) is 0 Å². The summed E-state index contributed by atoms with van der Waals surface area (Å²) in [4.78, 5) is 0. The van der Waals surface area contributed by atoms with Crippen LogP contribution in [-0.4, -0.2) is 11.2 Å². The van der Waals surface area contributed by atoms with Gasteiger partial charge in [-0.15, -0.1) is 0 Å². The first-order valence-corrected chi connectivity index (χ1v) is 5.52. The first kappa shape index (κ1) is 10.0. The Morgan fingerprint density at radius 1 is 1.17 bits per heavy atom. The van der Waals surface area contributed by atoms with Gasteiger partial charge in [-0.3, -0.25) is 0 Å². The van der Waals surface area contributed by atoms with Crippen molar-refractivity contribution in [2.24, 2.45) is 5.92 Å². The van der Waals surface area contributed by atoms with E-state index in [9.17, 15) is 5.11 Å². The van der Waals surface area contributed by atoms with Crippen molar-refractivity contribution < 1.29 is 5.11 Å². The Hall–Kier alpha value is -0.0400. The second-order valence-corrected chi connectivity index (χ2v) is 4.11. The molecule has 0 bridgehead atoms. The quantitative estimate of drug-likeness (QED) is 0.645. The topological polar surface area (TPSA) is 20.2 Å². The maximum Gasteiger partial charge on any atom is 0.0568 e. The van der Waals surface area contributed by atoms with Crippen molar-refractivity contribution in [2.45, 2.75) is 64.4 Å². The minimum absolute atomic E-state index is 0.0130.